The van der Waals surface area contributed by atoms with Crippen LogP contribution in [-0.2, 0) is 0 Å². The minimum atomic E-state index is -0.217. The summed E-state index contributed by atoms with van der Waals surface area (Å²) in [7, 11) is 0. The monoisotopic (exact) mass is 233 g/mol. The zero-order chi connectivity index (χ0) is 11.5. The second kappa shape index (κ2) is 4.32. The summed E-state index contributed by atoms with van der Waals surface area (Å²) in [5.41, 5.74) is 7.01. The van der Waals surface area contributed by atoms with Gasteiger partial charge in [-0.25, -0.2) is 4.98 Å². The van der Waals surface area contributed by atoms with Crippen molar-refractivity contribution in [2.24, 2.45) is 0 Å². The number of thiophene rings is 1. The molecule has 4 nitrogen and oxygen atoms in total. The van der Waals surface area contributed by atoms with Crippen molar-refractivity contribution < 1.29 is 4.79 Å². The zero-order valence-electron chi connectivity index (χ0n) is 8.73. The molecule has 0 unspecified atom stereocenters. The molecule has 16 heavy (non-hydrogen) atoms. The molecule has 0 bridgehead atoms. The van der Waals surface area contributed by atoms with Gasteiger partial charge in [0, 0.05) is 5.69 Å². The van der Waals surface area contributed by atoms with E-state index in [1.54, 1.807) is 17.5 Å². The Bertz CT molecular complexity index is 521. The van der Waals surface area contributed by atoms with Crippen LogP contribution >= 0.6 is 11.3 Å². The molecule has 0 fully saturated rings. The number of carbonyl (C=O) groups is 1. The quantitative estimate of drug-likeness (QED) is 0.836. The van der Waals surface area contributed by atoms with Gasteiger partial charge in [-0.2, -0.15) is 0 Å². The van der Waals surface area contributed by atoms with Crippen molar-refractivity contribution in [3.8, 4) is 0 Å². The number of aryl methyl sites for hydroxylation is 1. The Hall–Kier alpha value is -1.88. The van der Waals surface area contributed by atoms with Crippen LogP contribution in [0.15, 0.2) is 29.6 Å². The standard InChI is InChI=1S/C11H11N3OS/c1-7-3-2-4-9(13-7)14-11(15)10-8(12)5-6-16-10/h2-6H,12H2,1H3,(H,13,14,15). The van der Waals surface area contributed by atoms with Crippen molar-refractivity contribution >= 4 is 28.7 Å². The first-order chi connectivity index (χ1) is 7.66. The summed E-state index contributed by atoms with van der Waals surface area (Å²) in [6.45, 7) is 1.87. The van der Waals surface area contributed by atoms with Gasteiger partial charge in [-0.05, 0) is 30.5 Å². The van der Waals surface area contributed by atoms with Gasteiger partial charge in [0.1, 0.15) is 10.7 Å². The Kier molecular flexibility index (Phi) is 2.87. The number of nitrogens with one attached hydrogen (secondary N) is 1. The molecule has 82 valence electrons. The third-order valence-corrected chi connectivity index (χ3v) is 2.96. The molecule has 0 aliphatic rings. The third-order valence-electron chi connectivity index (χ3n) is 2.03. The lowest BCUT2D eigenvalue weighted by Crippen LogP contribution is -2.13. The van der Waals surface area contributed by atoms with E-state index in [9.17, 15) is 4.79 Å². The molecule has 0 saturated heterocycles. The van der Waals surface area contributed by atoms with Crippen LogP contribution in [0.1, 0.15) is 15.4 Å². The molecule has 2 aromatic heterocycles. The van der Waals surface area contributed by atoms with E-state index in [1.807, 2.05) is 19.1 Å². The highest BCUT2D eigenvalue weighted by atomic mass is 32.1. The zero-order valence-corrected chi connectivity index (χ0v) is 9.54. The van der Waals surface area contributed by atoms with Crippen LogP contribution in [0.3, 0.4) is 0 Å². The molecule has 1 amide bonds. The third kappa shape index (κ3) is 2.20. The van der Waals surface area contributed by atoms with E-state index in [-0.39, 0.29) is 5.91 Å². The fourth-order valence-corrected chi connectivity index (χ4v) is 2.00. The van der Waals surface area contributed by atoms with Crippen LogP contribution in [0.5, 0.6) is 0 Å². The van der Waals surface area contributed by atoms with Gasteiger partial charge in [0.2, 0.25) is 0 Å². The fourth-order valence-electron chi connectivity index (χ4n) is 1.29. The van der Waals surface area contributed by atoms with Crippen molar-refractivity contribution in [2.45, 2.75) is 6.92 Å². The molecule has 5 heteroatoms. The van der Waals surface area contributed by atoms with E-state index in [1.165, 1.54) is 11.3 Å². The molecular formula is C11H11N3OS. The van der Waals surface area contributed by atoms with Crippen molar-refractivity contribution in [3.63, 3.8) is 0 Å². The van der Waals surface area contributed by atoms with Crippen LogP contribution in [0.4, 0.5) is 11.5 Å². The Labute approximate surface area is 97.1 Å². The molecule has 2 aromatic rings. The van der Waals surface area contributed by atoms with Crippen LogP contribution < -0.4 is 11.1 Å². The van der Waals surface area contributed by atoms with Crippen LogP contribution in [0, 0.1) is 6.92 Å². The molecule has 0 radical (unpaired) electrons. The maximum Gasteiger partial charge on any atom is 0.269 e. The second-order valence-electron chi connectivity index (χ2n) is 3.32. The second-order valence-corrected chi connectivity index (χ2v) is 4.24. The van der Waals surface area contributed by atoms with Gasteiger partial charge in [-0.3, -0.25) is 4.79 Å². The van der Waals surface area contributed by atoms with Gasteiger partial charge in [0.05, 0.1) is 5.69 Å². The summed E-state index contributed by atoms with van der Waals surface area (Å²) in [5, 5.41) is 4.49. The summed E-state index contributed by atoms with van der Waals surface area (Å²) in [4.78, 5) is 16.5. The molecule has 2 rings (SSSR count). The minimum Gasteiger partial charge on any atom is -0.397 e. The molecular weight excluding hydrogens is 222 g/mol. The summed E-state index contributed by atoms with van der Waals surface area (Å²) in [6, 6.07) is 7.17. The van der Waals surface area contributed by atoms with Gasteiger partial charge < -0.3 is 11.1 Å². The van der Waals surface area contributed by atoms with Crippen molar-refractivity contribution in [3.05, 3.63) is 40.2 Å². The fraction of sp³-hybridized carbons (Fsp3) is 0.0909. The molecule has 2 heterocycles. The largest absolute Gasteiger partial charge is 0.397 e. The molecule has 0 aliphatic heterocycles. The topological polar surface area (TPSA) is 68.0 Å². The Morgan fingerprint density at radius 2 is 2.25 bits per heavy atom. The maximum atomic E-state index is 11.8. The predicted octanol–water partition coefficient (Wildman–Crippen LogP) is 2.29. The molecule has 0 aromatic carbocycles. The van der Waals surface area contributed by atoms with Gasteiger partial charge in [0.15, 0.2) is 0 Å². The number of nitrogen functional groups attached to an aromatic ring is 1. The van der Waals surface area contributed by atoms with Gasteiger partial charge in [0.25, 0.3) is 5.91 Å². The minimum absolute atomic E-state index is 0.217. The average Bonchev–Trinajstić information content (AvgIpc) is 2.64. The number of hydrogen-bond donors (Lipinski definition) is 2. The SMILES string of the molecule is Cc1cccc(NC(=O)c2sccc2N)n1. The lowest BCUT2D eigenvalue weighted by Gasteiger charge is -2.03. The number of aromatic nitrogens is 1. The first-order valence-electron chi connectivity index (χ1n) is 4.75. The molecule has 0 spiro atoms. The summed E-state index contributed by atoms with van der Waals surface area (Å²) < 4.78 is 0. The number of nitrogens with zero attached hydrogens (tertiary/aromatic N) is 1. The highest BCUT2D eigenvalue weighted by Crippen LogP contribution is 2.19. The Balaban J connectivity index is 2.17. The van der Waals surface area contributed by atoms with Crippen LogP contribution in [-0.4, -0.2) is 10.9 Å². The smallest absolute Gasteiger partial charge is 0.269 e. The summed E-state index contributed by atoms with van der Waals surface area (Å²) in [6.07, 6.45) is 0. The maximum absolute atomic E-state index is 11.8. The van der Waals surface area contributed by atoms with Crippen molar-refractivity contribution in [1.82, 2.24) is 4.98 Å². The van der Waals surface area contributed by atoms with E-state index < -0.39 is 0 Å². The lowest BCUT2D eigenvalue weighted by atomic mass is 10.3. The number of rotatable bonds is 2. The van der Waals surface area contributed by atoms with Crippen molar-refractivity contribution in [2.75, 3.05) is 11.1 Å². The molecule has 0 saturated carbocycles. The number of anilines is 2. The number of hydrogen-bond acceptors (Lipinski definition) is 4. The summed E-state index contributed by atoms with van der Waals surface area (Å²) >= 11 is 1.32. The predicted molar refractivity (Wildman–Crippen MR) is 65.7 cm³/mol. The lowest BCUT2D eigenvalue weighted by molar-refractivity contribution is 0.103. The Morgan fingerprint density at radius 1 is 1.44 bits per heavy atom. The molecule has 0 aliphatic carbocycles. The highest BCUT2D eigenvalue weighted by Gasteiger charge is 2.11. The summed E-state index contributed by atoms with van der Waals surface area (Å²) in [5.74, 6) is 0.323. The number of amides is 1. The van der Waals surface area contributed by atoms with Crippen molar-refractivity contribution in [1.29, 1.82) is 0 Å². The molecule has 3 N–H and O–H groups in total. The van der Waals surface area contributed by atoms with E-state index >= 15 is 0 Å². The first kappa shape index (κ1) is 10.6. The molecule has 0 atom stereocenters. The Morgan fingerprint density at radius 3 is 2.88 bits per heavy atom. The van der Waals surface area contributed by atoms with Gasteiger partial charge >= 0.3 is 0 Å². The van der Waals surface area contributed by atoms with E-state index in [2.05, 4.69) is 10.3 Å². The number of pyridine rings is 1. The average molecular weight is 233 g/mol. The van der Waals surface area contributed by atoms with Crippen LogP contribution in [0.25, 0.3) is 0 Å². The van der Waals surface area contributed by atoms with Gasteiger partial charge in [-0.1, -0.05) is 6.07 Å². The van der Waals surface area contributed by atoms with Crippen LogP contribution in [0.2, 0.25) is 0 Å². The van der Waals surface area contributed by atoms with E-state index in [0.717, 1.165) is 5.69 Å². The number of nitrogens with two attached hydrogens (primary N) is 1. The van der Waals surface area contributed by atoms with E-state index in [0.29, 0.717) is 16.4 Å². The van der Waals surface area contributed by atoms with Gasteiger partial charge in [-0.15, -0.1) is 11.3 Å². The highest BCUT2D eigenvalue weighted by molar-refractivity contribution is 7.12. The first-order valence-corrected chi connectivity index (χ1v) is 5.63. The normalized spacial score (nSPS) is 10.1. The van der Waals surface area contributed by atoms with E-state index in [4.69, 9.17) is 5.73 Å². The number of carbonyl (C=O) groups excluding carboxylic acids is 1.